The number of aromatic nitrogens is 3. The molecule has 0 fully saturated rings. The van der Waals surface area contributed by atoms with E-state index in [2.05, 4.69) is 20.3 Å². The first-order valence-electron chi connectivity index (χ1n) is 4.85. The number of halogens is 2. The van der Waals surface area contributed by atoms with Crippen LogP contribution in [-0.4, -0.2) is 33.2 Å². The lowest BCUT2D eigenvalue weighted by Crippen LogP contribution is -2.25. The lowest BCUT2D eigenvalue weighted by Gasteiger charge is -2.23. The SMILES string of the molecule is CC(C)(CCO)CNc1nc(Cl)nc(Cl)n1. The van der Waals surface area contributed by atoms with Crippen LogP contribution in [0.3, 0.4) is 0 Å². The Labute approximate surface area is 104 Å². The highest BCUT2D eigenvalue weighted by Gasteiger charge is 2.17. The topological polar surface area (TPSA) is 70.9 Å². The first kappa shape index (κ1) is 13.4. The molecule has 0 aliphatic carbocycles. The van der Waals surface area contributed by atoms with E-state index in [-0.39, 0.29) is 22.6 Å². The number of aliphatic hydroxyl groups excluding tert-OH is 1. The summed E-state index contributed by atoms with van der Waals surface area (Å²) in [4.78, 5) is 11.4. The molecule has 0 amide bonds. The summed E-state index contributed by atoms with van der Waals surface area (Å²) in [5.41, 5.74) is -0.0552. The summed E-state index contributed by atoms with van der Waals surface area (Å²) in [5, 5.41) is 12.0. The second-order valence-corrected chi connectivity index (χ2v) is 4.86. The molecule has 1 heterocycles. The van der Waals surface area contributed by atoms with Crippen LogP contribution >= 0.6 is 23.2 Å². The zero-order valence-corrected chi connectivity index (χ0v) is 10.7. The van der Waals surface area contributed by atoms with Gasteiger partial charge in [0.25, 0.3) is 0 Å². The van der Waals surface area contributed by atoms with E-state index in [1.807, 2.05) is 13.8 Å². The molecule has 0 unspecified atom stereocenters. The zero-order chi connectivity index (χ0) is 12.2. The summed E-state index contributed by atoms with van der Waals surface area (Å²) >= 11 is 11.3. The highest BCUT2D eigenvalue weighted by molar-refractivity contribution is 6.31. The third-order valence-electron chi connectivity index (χ3n) is 2.09. The van der Waals surface area contributed by atoms with Crippen LogP contribution in [0.4, 0.5) is 5.95 Å². The van der Waals surface area contributed by atoms with Crippen LogP contribution in [0.15, 0.2) is 0 Å². The summed E-state index contributed by atoms with van der Waals surface area (Å²) in [5.74, 6) is 0.344. The van der Waals surface area contributed by atoms with Gasteiger partial charge < -0.3 is 10.4 Å². The Morgan fingerprint density at radius 3 is 2.25 bits per heavy atom. The lowest BCUT2D eigenvalue weighted by molar-refractivity contribution is 0.220. The van der Waals surface area contributed by atoms with Gasteiger partial charge in [-0.3, -0.25) is 0 Å². The number of nitrogens with one attached hydrogen (secondary N) is 1. The number of aliphatic hydroxyl groups is 1. The molecular formula is C9H14Cl2N4O. The van der Waals surface area contributed by atoms with Crippen LogP contribution in [0.5, 0.6) is 0 Å². The Balaban J connectivity index is 2.60. The molecule has 0 spiro atoms. The van der Waals surface area contributed by atoms with Crippen molar-refractivity contribution in [3.05, 3.63) is 10.6 Å². The number of nitrogens with zero attached hydrogens (tertiary/aromatic N) is 3. The average Bonchev–Trinajstić information content (AvgIpc) is 2.13. The Morgan fingerprint density at radius 1 is 1.19 bits per heavy atom. The molecule has 0 radical (unpaired) electrons. The minimum Gasteiger partial charge on any atom is -0.396 e. The maximum absolute atomic E-state index is 8.88. The summed E-state index contributed by atoms with van der Waals surface area (Å²) < 4.78 is 0. The van der Waals surface area contributed by atoms with Crippen molar-refractivity contribution in [1.29, 1.82) is 0 Å². The van der Waals surface area contributed by atoms with Crippen molar-refractivity contribution in [3.63, 3.8) is 0 Å². The second-order valence-electron chi connectivity index (χ2n) is 4.19. The summed E-state index contributed by atoms with van der Waals surface area (Å²) in [7, 11) is 0. The van der Waals surface area contributed by atoms with E-state index in [4.69, 9.17) is 28.3 Å². The van der Waals surface area contributed by atoms with Crippen molar-refractivity contribution in [3.8, 4) is 0 Å². The summed E-state index contributed by atoms with van der Waals surface area (Å²) in [6.07, 6.45) is 0.687. The molecule has 16 heavy (non-hydrogen) atoms. The van der Waals surface area contributed by atoms with Gasteiger partial charge in [0.15, 0.2) is 0 Å². The van der Waals surface area contributed by atoms with E-state index >= 15 is 0 Å². The van der Waals surface area contributed by atoms with Crippen LogP contribution in [0.25, 0.3) is 0 Å². The molecule has 1 aromatic heterocycles. The molecule has 5 nitrogen and oxygen atoms in total. The molecule has 0 bridgehead atoms. The largest absolute Gasteiger partial charge is 0.396 e. The fraction of sp³-hybridized carbons (Fsp3) is 0.667. The molecule has 0 saturated heterocycles. The molecule has 0 saturated carbocycles. The third kappa shape index (κ3) is 4.47. The number of anilines is 1. The normalized spacial score (nSPS) is 11.6. The van der Waals surface area contributed by atoms with Gasteiger partial charge in [0, 0.05) is 13.2 Å². The minimum atomic E-state index is -0.0552. The molecule has 90 valence electrons. The number of rotatable bonds is 5. The predicted molar refractivity (Wildman–Crippen MR) is 63.8 cm³/mol. The fourth-order valence-corrected chi connectivity index (χ4v) is 1.48. The highest BCUT2D eigenvalue weighted by atomic mass is 35.5. The van der Waals surface area contributed by atoms with E-state index in [0.29, 0.717) is 18.9 Å². The molecule has 7 heteroatoms. The van der Waals surface area contributed by atoms with Crippen molar-refractivity contribution < 1.29 is 5.11 Å². The Bertz CT molecular complexity index is 339. The summed E-state index contributed by atoms with van der Waals surface area (Å²) in [6.45, 7) is 4.82. The van der Waals surface area contributed by atoms with Gasteiger partial charge in [-0.2, -0.15) is 15.0 Å². The van der Waals surface area contributed by atoms with Crippen molar-refractivity contribution in [2.45, 2.75) is 20.3 Å². The van der Waals surface area contributed by atoms with Gasteiger partial charge in [-0.15, -0.1) is 0 Å². The highest BCUT2D eigenvalue weighted by Crippen LogP contribution is 2.20. The monoisotopic (exact) mass is 264 g/mol. The zero-order valence-electron chi connectivity index (χ0n) is 9.17. The van der Waals surface area contributed by atoms with Gasteiger partial charge in [0.1, 0.15) is 0 Å². The molecular weight excluding hydrogens is 251 g/mol. The third-order valence-corrected chi connectivity index (χ3v) is 2.43. The maximum Gasteiger partial charge on any atom is 0.228 e. The second kappa shape index (κ2) is 5.61. The molecule has 0 aliphatic rings. The maximum atomic E-state index is 8.88. The van der Waals surface area contributed by atoms with Gasteiger partial charge in [-0.05, 0) is 35.0 Å². The lowest BCUT2D eigenvalue weighted by atomic mass is 9.90. The first-order chi connectivity index (χ1) is 7.43. The van der Waals surface area contributed by atoms with Gasteiger partial charge in [0.2, 0.25) is 16.5 Å². The van der Waals surface area contributed by atoms with Gasteiger partial charge >= 0.3 is 0 Å². The number of hydrogen-bond acceptors (Lipinski definition) is 5. The smallest absolute Gasteiger partial charge is 0.228 e. The van der Waals surface area contributed by atoms with Crippen LogP contribution < -0.4 is 5.32 Å². The quantitative estimate of drug-likeness (QED) is 0.852. The van der Waals surface area contributed by atoms with E-state index in [9.17, 15) is 0 Å². The standard InChI is InChI=1S/C9H14Cl2N4O/c1-9(2,3-4-16)5-12-8-14-6(10)13-7(11)15-8/h16H,3-5H2,1-2H3,(H,12,13,14,15). The molecule has 0 aliphatic heterocycles. The molecule has 0 aromatic carbocycles. The van der Waals surface area contributed by atoms with Crippen molar-refractivity contribution in [2.75, 3.05) is 18.5 Å². The fourth-order valence-electron chi connectivity index (χ4n) is 1.11. The first-order valence-corrected chi connectivity index (χ1v) is 5.60. The Morgan fingerprint density at radius 2 is 1.75 bits per heavy atom. The van der Waals surface area contributed by atoms with Crippen molar-refractivity contribution in [2.24, 2.45) is 5.41 Å². The van der Waals surface area contributed by atoms with E-state index < -0.39 is 0 Å². The molecule has 1 aromatic rings. The van der Waals surface area contributed by atoms with Crippen LogP contribution in [0.2, 0.25) is 10.6 Å². The van der Waals surface area contributed by atoms with E-state index in [0.717, 1.165) is 0 Å². The molecule has 0 atom stereocenters. The Hall–Kier alpha value is -0.650. The van der Waals surface area contributed by atoms with Gasteiger partial charge in [-0.25, -0.2) is 0 Å². The van der Waals surface area contributed by atoms with Crippen LogP contribution in [0, 0.1) is 5.41 Å². The minimum absolute atomic E-state index is 0.0552. The van der Waals surface area contributed by atoms with Crippen molar-refractivity contribution >= 4 is 29.2 Å². The average molecular weight is 265 g/mol. The predicted octanol–water partition coefficient (Wildman–Crippen LogP) is 2.00. The van der Waals surface area contributed by atoms with Crippen molar-refractivity contribution in [1.82, 2.24) is 15.0 Å². The van der Waals surface area contributed by atoms with Crippen LogP contribution in [-0.2, 0) is 0 Å². The van der Waals surface area contributed by atoms with Crippen LogP contribution in [0.1, 0.15) is 20.3 Å². The van der Waals surface area contributed by atoms with Gasteiger partial charge in [-0.1, -0.05) is 13.8 Å². The Kier molecular flexibility index (Phi) is 4.70. The van der Waals surface area contributed by atoms with E-state index in [1.54, 1.807) is 0 Å². The van der Waals surface area contributed by atoms with E-state index in [1.165, 1.54) is 0 Å². The van der Waals surface area contributed by atoms with Gasteiger partial charge in [0.05, 0.1) is 0 Å². The number of hydrogen-bond donors (Lipinski definition) is 2. The molecule has 2 N–H and O–H groups in total. The summed E-state index contributed by atoms with van der Waals surface area (Å²) in [6, 6.07) is 0. The molecule has 1 rings (SSSR count).